The van der Waals surface area contributed by atoms with Crippen molar-refractivity contribution in [3.63, 3.8) is 0 Å². The first-order chi connectivity index (χ1) is 15.8. The van der Waals surface area contributed by atoms with Crippen molar-refractivity contribution in [2.75, 3.05) is 40.5 Å². The highest BCUT2D eigenvalue weighted by Crippen LogP contribution is 2.30. The van der Waals surface area contributed by atoms with E-state index in [1.54, 1.807) is 14.2 Å². The van der Waals surface area contributed by atoms with Gasteiger partial charge in [-0.3, -0.25) is 9.69 Å². The van der Waals surface area contributed by atoms with Crippen LogP contribution in [0.1, 0.15) is 44.1 Å². The van der Waals surface area contributed by atoms with E-state index in [1.165, 1.54) is 11.3 Å². The lowest BCUT2D eigenvalue weighted by molar-refractivity contribution is -0.134. The third-order valence-corrected chi connectivity index (χ3v) is 5.86. The second-order valence-electron chi connectivity index (χ2n) is 9.77. The van der Waals surface area contributed by atoms with Gasteiger partial charge in [0.2, 0.25) is 5.91 Å². The molecule has 1 aliphatic heterocycles. The van der Waals surface area contributed by atoms with E-state index in [0.29, 0.717) is 26.1 Å². The predicted octanol–water partition coefficient (Wildman–Crippen LogP) is 3.84. The van der Waals surface area contributed by atoms with E-state index in [-0.39, 0.29) is 11.3 Å². The van der Waals surface area contributed by atoms with Crippen LogP contribution in [-0.4, -0.2) is 65.9 Å². The van der Waals surface area contributed by atoms with Crippen LogP contribution in [-0.2, 0) is 29.0 Å². The van der Waals surface area contributed by atoms with E-state index in [4.69, 9.17) is 14.6 Å². The van der Waals surface area contributed by atoms with Crippen LogP contribution in [0, 0.1) is 5.41 Å². The average molecular weight is 455 g/mol. The third-order valence-electron chi connectivity index (χ3n) is 5.86. The summed E-state index contributed by atoms with van der Waals surface area (Å²) in [4.78, 5) is 17.4. The van der Waals surface area contributed by atoms with Gasteiger partial charge in [0.15, 0.2) is 0 Å². The monoisotopic (exact) mass is 454 g/mol. The summed E-state index contributed by atoms with van der Waals surface area (Å²) in [6.07, 6.45) is 3.30. The lowest BCUT2D eigenvalue weighted by atomic mass is 9.91. The maximum absolute atomic E-state index is 13.2. The molecule has 2 heterocycles. The van der Waals surface area contributed by atoms with Crippen LogP contribution in [0.5, 0.6) is 5.75 Å². The largest absolute Gasteiger partial charge is 0.494 e. The molecule has 0 atom stereocenters. The van der Waals surface area contributed by atoms with E-state index in [1.807, 2.05) is 39.9 Å². The zero-order valence-electron chi connectivity index (χ0n) is 20.8. The SMILES string of the molecule is C=CCN1CCc2c(c(CN(CCOC)C(=O)CC(C)(C)C)nn2-c2ccccc2OC)C1. The fraction of sp³-hybridized carbons (Fsp3) is 0.538. The maximum Gasteiger partial charge on any atom is 0.223 e. The second-order valence-corrected chi connectivity index (χ2v) is 9.77. The Hall–Kier alpha value is -2.64. The topological polar surface area (TPSA) is 59.8 Å². The number of ether oxygens (including phenoxy) is 2. The fourth-order valence-corrected chi connectivity index (χ4v) is 4.25. The Labute approximate surface area is 198 Å². The highest BCUT2D eigenvalue weighted by molar-refractivity contribution is 5.76. The van der Waals surface area contributed by atoms with Crippen LogP contribution in [0.4, 0.5) is 0 Å². The summed E-state index contributed by atoms with van der Waals surface area (Å²) in [7, 11) is 3.34. The first kappa shape index (κ1) is 25.0. The molecule has 1 aliphatic rings. The molecule has 2 aromatic rings. The number of fused-ring (bicyclic) bond motifs is 1. The number of rotatable bonds is 10. The molecule has 0 spiro atoms. The first-order valence-electron chi connectivity index (χ1n) is 11.6. The van der Waals surface area contributed by atoms with Crippen LogP contribution in [0.2, 0.25) is 0 Å². The van der Waals surface area contributed by atoms with E-state index in [9.17, 15) is 4.79 Å². The normalized spacial score (nSPS) is 14.1. The number of para-hydroxylation sites is 2. The van der Waals surface area contributed by atoms with Crippen LogP contribution < -0.4 is 4.74 Å². The molecule has 0 bridgehead atoms. The van der Waals surface area contributed by atoms with Gasteiger partial charge in [0.1, 0.15) is 11.4 Å². The maximum atomic E-state index is 13.2. The number of carbonyl (C=O) groups excluding carboxylic acids is 1. The quantitative estimate of drug-likeness (QED) is 0.511. The van der Waals surface area contributed by atoms with Gasteiger partial charge in [-0.1, -0.05) is 39.0 Å². The molecule has 33 heavy (non-hydrogen) atoms. The van der Waals surface area contributed by atoms with E-state index < -0.39 is 0 Å². The summed E-state index contributed by atoms with van der Waals surface area (Å²) in [5.74, 6) is 0.904. The Morgan fingerprint density at radius 1 is 1.27 bits per heavy atom. The molecule has 0 radical (unpaired) electrons. The number of carbonyl (C=O) groups is 1. The Morgan fingerprint density at radius 3 is 2.70 bits per heavy atom. The molecule has 1 aromatic heterocycles. The molecule has 1 amide bonds. The van der Waals surface area contributed by atoms with Crippen LogP contribution in [0.3, 0.4) is 0 Å². The molecule has 0 saturated carbocycles. The van der Waals surface area contributed by atoms with Gasteiger partial charge < -0.3 is 14.4 Å². The Kier molecular flexibility index (Phi) is 8.32. The van der Waals surface area contributed by atoms with Gasteiger partial charge >= 0.3 is 0 Å². The van der Waals surface area contributed by atoms with Crippen LogP contribution in [0.15, 0.2) is 36.9 Å². The Balaban J connectivity index is 2.01. The van der Waals surface area contributed by atoms with E-state index in [0.717, 1.165) is 43.2 Å². The molecule has 7 nitrogen and oxygen atoms in total. The summed E-state index contributed by atoms with van der Waals surface area (Å²) in [5.41, 5.74) is 4.15. The van der Waals surface area contributed by atoms with Gasteiger partial charge in [-0.05, 0) is 17.5 Å². The highest BCUT2D eigenvalue weighted by Gasteiger charge is 2.29. The first-order valence-corrected chi connectivity index (χ1v) is 11.6. The van der Waals surface area contributed by atoms with Crippen molar-refractivity contribution in [3.05, 3.63) is 53.9 Å². The number of hydrogen-bond donors (Lipinski definition) is 0. The van der Waals surface area contributed by atoms with E-state index >= 15 is 0 Å². The van der Waals surface area contributed by atoms with Crippen molar-refractivity contribution in [1.29, 1.82) is 0 Å². The lowest BCUT2D eigenvalue weighted by Crippen LogP contribution is -2.36. The second kappa shape index (κ2) is 11.0. The molecule has 0 aliphatic carbocycles. The molecule has 0 N–H and O–H groups in total. The van der Waals surface area contributed by atoms with Crippen molar-refractivity contribution >= 4 is 5.91 Å². The van der Waals surface area contributed by atoms with E-state index in [2.05, 4.69) is 32.3 Å². The summed E-state index contributed by atoms with van der Waals surface area (Å²) in [5, 5.41) is 5.04. The van der Waals surface area contributed by atoms with Crippen molar-refractivity contribution in [2.24, 2.45) is 5.41 Å². The fourth-order valence-electron chi connectivity index (χ4n) is 4.25. The predicted molar refractivity (Wildman–Crippen MR) is 131 cm³/mol. The zero-order chi connectivity index (χ0) is 24.0. The van der Waals surface area contributed by atoms with Gasteiger partial charge in [0.05, 0.1) is 31.6 Å². The summed E-state index contributed by atoms with van der Waals surface area (Å²) in [6.45, 7) is 14.2. The van der Waals surface area contributed by atoms with Crippen molar-refractivity contribution in [3.8, 4) is 11.4 Å². The van der Waals surface area contributed by atoms with Gasteiger partial charge in [0, 0.05) is 51.7 Å². The number of benzene rings is 1. The lowest BCUT2D eigenvalue weighted by Gasteiger charge is -2.28. The molecule has 180 valence electrons. The minimum atomic E-state index is -0.0840. The van der Waals surface area contributed by atoms with Gasteiger partial charge in [-0.15, -0.1) is 6.58 Å². The Bertz CT molecular complexity index is 961. The van der Waals surface area contributed by atoms with Gasteiger partial charge in [0.25, 0.3) is 0 Å². The summed E-state index contributed by atoms with van der Waals surface area (Å²) in [6, 6.07) is 7.94. The van der Waals surface area contributed by atoms with Crippen LogP contribution in [0.25, 0.3) is 5.69 Å². The van der Waals surface area contributed by atoms with Crippen molar-refractivity contribution in [2.45, 2.75) is 46.7 Å². The molecular weight excluding hydrogens is 416 g/mol. The molecule has 1 aromatic carbocycles. The van der Waals surface area contributed by atoms with Crippen molar-refractivity contribution in [1.82, 2.24) is 19.6 Å². The minimum Gasteiger partial charge on any atom is -0.494 e. The molecular formula is C26H38N4O3. The molecule has 3 rings (SSSR count). The molecule has 0 unspecified atom stereocenters. The number of hydrogen-bond acceptors (Lipinski definition) is 5. The summed E-state index contributed by atoms with van der Waals surface area (Å²) >= 11 is 0. The number of nitrogens with zero attached hydrogens (tertiary/aromatic N) is 4. The molecule has 0 saturated heterocycles. The standard InChI is InChI=1S/C26H38N4O3/c1-7-13-28-14-12-22-20(18-28)21(27-30(22)23-10-8-9-11-24(23)33-6)19-29(15-16-32-5)25(31)17-26(2,3)4/h7-11H,1,12-19H2,2-6H3. The molecule has 7 heteroatoms. The average Bonchev–Trinajstić information content (AvgIpc) is 3.13. The number of methoxy groups -OCH3 is 2. The highest BCUT2D eigenvalue weighted by atomic mass is 16.5. The Morgan fingerprint density at radius 2 is 2.03 bits per heavy atom. The smallest absolute Gasteiger partial charge is 0.223 e. The molecule has 0 fully saturated rings. The zero-order valence-corrected chi connectivity index (χ0v) is 20.8. The van der Waals surface area contributed by atoms with Gasteiger partial charge in [-0.2, -0.15) is 5.10 Å². The van der Waals surface area contributed by atoms with Crippen LogP contribution >= 0.6 is 0 Å². The number of aromatic nitrogens is 2. The third kappa shape index (κ3) is 6.24. The van der Waals surface area contributed by atoms with Gasteiger partial charge in [-0.25, -0.2) is 4.68 Å². The minimum absolute atomic E-state index is 0.0840. The summed E-state index contributed by atoms with van der Waals surface area (Å²) < 4.78 is 12.9. The number of amides is 1. The van der Waals surface area contributed by atoms with Crippen molar-refractivity contribution < 1.29 is 14.3 Å².